The van der Waals surface area contributed by atoms with Gasteiger partial charge in [-0.2, -0.15) is 0 Å². The number of carbonyl (C=O) groups excluding carboxylic acids is 1. The van der Waals surface area contributed by atoms with Crippen molar-refractivity contribution in [3.05, 3.63) is 36.4 Å². The molecule has 2 rings (SSSR count). The average Bonchev–Trinajstić information content (AvgIpc) is 2.44. The van der Waals surface area contributed by atoms with Crippen LogP contribution in [0, 0.1) is 0 Å². The first-order chi connectivity index (χ1) is 9.37. The molecule has 0 spiro atoms. The Bertz CT molecular complexity index is 650. The lowest BCUT2D eigenvalue weighted by molar-refractivity contribution is -0.114. The number of aryl methyl sites for hydroxylation is 1. The van der Waals surface area contributed by atoms with Crippen LogP contribution in [0.5, 0.6) is 0 Å². The predicted octanol–water partition coefficient (Wildman–Crippen LogP) is 1.40. The van der Waals surface area contributed by atoms with Gasteiger partial charge >= 0.3 is 0 Å². The number of benzene rings is 1. The molecular weight excluding hydrogens is 276 g/mol. The molecule has 20 heavy (non-hydrogen) atoms. The first-order valence-electron chi connectivity index (χ1n) is 6.37. The third kappa shape index (κ3) is 2.48. The van der Waals surface area contributed by atoms with Crippen molar-refractivity contribution in [2.45, 2.75) is 17.7 Å². The zero-order valence-electron chi connectivity index (χ0n) is 11.7. The molecule has 0 bridgehead atoms. The van der Waals surface area contributed by atoms with Gasteiger partial charge in [-0.3, -0.25) is 4.79 Å². The molecule has 108 valence electrons. The van der Waals surface area contributed by atoms with Crippen molar-refractivity contribution in [2.75, 3.05) is 25.5 Å². The van der Waals surface area contributed by atoms with Crippen LogP contribution < -0.4 is 4.90 Å². The van der Waals surface area contributed by atoms with Gasteiger partial charge in [-0.25, -0.2) is 12.7 Å². The van der Waals surface area contributed by atoms with Crippen molar-refractivity contribution in [3.8, 4) is 0 Å². The van der Waals surface area contributed by atoms with Gasteiger partial charge in [-0.05, 0) is 42.7 Å². The molecule has 0 N–H and O–H groups in total. The fourth-order valence-electron chi connectivity index (χ4n) is 2.28. The molecule has 0 aliphatic carbocycles. The maximum absolute atomic E-state index is 12.1. The number of nitrogens with zero attached hydrogens (tertiary/aromatic N) is 2. The van der Waals surface area contributed by atoms with Crippen molar-refractivity contribution in [1.82, 2.24) is 4.31 Å². The fourth-order valence-corrected chi connectivity index (χ4v) is 3.24. The van der Waals surface area contributed by atoms with Crippen LogP contribution in [0.15, 0.2) is 35.7 Å². The van der Waals surface area contributed by atoms with E-state index in [1.54, 1.807) is 23.1 Å². The zero-order valence-corrected chi connectivity index (χ0v) is 12.5. The van der Waals surface area contributed by atoms with Crippen LogP contribution in [0.3, 0.4) is 0 Å². The molecule has 1 aromatic rings. The molecule has 1 aliphatic rings. The minimum Gasteiger partial charge on any atom is -0.309 e. The largest absolute Gasteiger partial charge is 0.309 e. The van der Waals surface area contributed by atoms with E-state index >= 15 is 0 Å². The van der Waals surface area contributed by atoms with Gasteiger partial charge in [0, 0.05) is 26.3 Å². The molecule has 1 amide bonds. The standard InChI is InChI=1S/C14H18N2O3S/c1-4-14(17)16-9-5-6-11-10-12(7-8-13(11)16)20(18,19)15(2)3/h4,7-8,10H,1,5-6,9H2,2-3H3. The maximum Gasteiger partial charge on any atom is 0.250 e. The molecule has 0 fully saturated rings. The van der Waals surface area contributed by atoms with E-state index in [-0.39, 0.29) is 10.8 Å². The van der Waals surface area contributed by atoms with Gasteiger partial charge in [0.25, 0.3) is 0 Å². The third-order valence-electron chi connectivity index (χ3n) is 3.39. The van der Waals surface area contributed by atoms with Crippen LogP contribution in [0.25, 0.3) is 0 Å². The monoisotopic (exact) mass is 294 g/mol. The van der Waals surface area contributed by atoms with Gasteiger partial charge in [0.1, 0.15) is 0 Å². The van der Waals surface area contributed by atoms with E-state index in [1.165, 1.54) is 24.5 Å². The SMILES string of the molecule is C=CC(=O)N1CCCc2cc(S(=O)(=O)N(C)C)ccc21. The Morgan fingerprint density at radius 3 is 2.70 bits per heavy atom. The van der Waals surface area contributed by atoms with E-state index in [0.717, 1.165) is 24.1 Å². The zero-order chi connectivity index (χ0) is 14.9. The lowest BCUT2D eigenvalue weighted by Crippen LogP contribution is -2.34. The molecule has 5 nitrogen and oxygen atoms in total. The first-order valence-corrected chi connectivity index (χ1v) is 7.81. The van der Waals surface area contributed by atoms with Crippen LogP contribution in [-0.4, -0.2) is 39.3 Å². The third-order valence-corrected chi connectivity index (χ3v) is 5.20. The lowest BCUT2D eigenvalue weighted by atomic mass is 10.0. The van der Waals surface area contributed by atoms with E-state index < -0.39 is 10.0 Å². The fraction of sp³-hybridized carbons (Fsp3) is 0.357. The van der Waals surface area contributed by atoms with Crippen molar-refractivity contribution >= 4 is 21.6 Å². The van der Waals surface area contributed by atoms with Crippen LogP contribution in [0.2, 0.25) is 0 Å². The highest BCUT2D eigenvalue weighted by atomic mass is 32.2. The Kier molecular flexibility index (Phi) is 3.96. The predicted molar refractivity (Wildman–Crippen MR) is 78.2 cm³/mol. The number of hydrogen-bond donors (Lipinski definition) is 0. The molecule has 0 saturated carbocycles. The normalized spacial score (nSPS) is 15.1. The second kappa shape index (κ2) is 5.38. The number of amides is 1. The minimum absolute atomic E-state index is 0.158. The van der Waals surface area contributed by atoms with Gasteiger partial charge in [0.2, 0.25) is 15.9 Å². The van der Waals surface area contributed by atoms with Gasteiger partial charge in [-0.1, -0.05) is 6.58 Å². The number of fused-ring (bicyclic) bond motifs is 1. The van der Waals surface area contributed by atoms with E-state index in [4.69, 9.17) is 0 Å². The summed E-state index contributed by atoms with van der Waals surface area (Å²) >= 11 is 0. The number of rotatable bonds is 3. The van der Waals surface area contributed by atoms with E-state index in [2.05, 4.69) is 6.58 Å². The number of hydrogen-bond acceptors (Lipinski definition) is 3. The van der Waals surface area contributed by atoms with Crippen LogP contribution >= 0.6 is 0 Å². The van der Waals surface area contributed by atoms with Crippen molar-refractivity contribution in [3.63, 3.8) is 0 Å². The van der Waals surface area contributed by atoms with Gasteiger partial charge in [0.05, 0.1) is 4.90 Å². The Balaban J connectivity index is 2.48. The summed E-state index contributed by atoms with van der Waals surface area (Å²) < 4.78 is 25.4. The van der Waals surface area contributed by atoms with Crippen molar-refractivity contribution in [2.24, 2.45) is 0 Å². The van der Waals surface area contributed by atoms with Gasteiger partial charge in [-0.15, -0.1) is 0 Å². The summed E-state index contributed by atoms with van der Waals surface area (Å²) in [5, 5.41) is 0. The van der Waals surface area contributed by atoms with Crippen LogP contribution in [0.1, 0.15) is 12.0 Å². The van der Waals surface area contributed by atoms with Gasteiger partial charge < -0.3 is 4.90 Å². The Hall–Kier alpha value is -1.66. The smallest absolute Gasteiger partial charge is 0.250 e. The molecular formula is C14H18N2O3S. The summed E-state index contributed by atoms with van der Waals surface area (Å²) in [4.78, 5) is 13.7. The highest BCUT2D eigenvalue weighted by molar-refractivity contribution is 7.89. The average molecular weight is 294 g/mol. The van der Waals surface area contributed by atoms with E-state index in [9.17, 15) is 13.2 Å². The molecule has 1 aromatic carbocycles. The van der Waals surface area contributed by atoms with E-state index in [0.29, 0.717) is 6.54 Å². The molecule has 6 heteroatoms. The Labute approximate surface area is 119 Å². The summed E-state index contributed by atoms with van der Waals surface area (Å²) in [6, 6.07) is 4.91. The highest BCUT2D eigenvalue weighted by Crippen LogP contribution is 2.30. The van der Waals surface area contributed by atoms with Crippen LogP contribution in [0.4, 0.5) is 5.69 Å². The Morgan fingerprint density at radius 1 is 1.40 bits per heavy atom. The lowest BCUT2D eigenvalue weighted by Gasteiger charge is -2.29. The Morgan fingerprint density at radius 2 is 2.10 bits per heavy atom. The summed E-state index contributed by atoms with van der Waals surface area (Å²) in [6.07, 6.45) is 2.87. The maximum atomic E-state index is 12.1. The number of sulfonamides is 1. The second-order valence-electron chi connectivity index (χ2n) is 4.88. The first kappa shape index (κ1) is 14.7. The molecule has 0 aromatic heterocycles. The molecule has 0 atom stereocenters. The molecule has 0 unspecified atom stereocenters. The van der Waals surface area contributed by atoms with Crippen molar-refractivity contribution in [1.29, 1.82) is 0 Å². The molecule has 0 saturated heterocycles. The number of carbonyl (C=O) groups is 1. The topological polar surface area (TPSA) is 57.7 Å². The quantitative estimate of drug-likeness (QED) is 0.792. The summed E-state index contributed by atoms with van der Waals surface area (Å²) in [5.41, 5.74) is 1.66. The second-order valence-corrected chi connectivity index (χ2v) is 7.03. The molecule has 1 heterocycles. The molecule has 0 radical (unpaired) electrons. The van der Waals surface area contributed by atoms with Crippen LogP contribution in [-0.2, 0) is 21.2 Å². The summed E-state index contributed by atoms with van der Waals surface area (Å²) in [6.45, 7) is 4.13. The minimum atomic E-state index is -3.44. The molecule has 1 aliphatic heterocycles. The van der Waals surface area contributed by atoms with Gasteiger partial charge in [0.15, 0.2) is 0 Å². The van der Waals surface area contributed by atoms with Crippen molar-refractivity contribution < 1.29 is 13.2 Å². The van der Waals surface area contributed by atoms with E-state index in [1.807, 2.05) is 0 Å². The summed E-state index contributed by atoms with van der Waals surface area (Å²) in [7, 11) is -0.439. The summed E-state index contributed by atoms with van der Waals surface area (Å²) in [5.74, 6) is -0.158. The number of anilines is 1. The highest BCUT2D eigenvalue weighted by Gasteiger charge is 2.24.